The molecule has 0 spiro atoms. The van der Waals surface area contributed by atoms with Crippen molar-refractivity contribution in [1.29, 1.82) is 0 Å². The number of amides is 1. The van der Waals surface area contributed by atoms with Gasteiger partial charge in [0.1, 0.15) is 12.1 Å². The molecule has 6 rings (SSSR count). The summed E-state index contributed by atoms with van der Waals surface area (Å²) in [6.07, 6.45) is 7.16. The van der Waals surface area contributed by atoms with Crippen LogP contribution in [0.3, 0.4) is 0 Å². The van der Waals surface area contributed by atoms with Gasteiger partial charge in [0.2, 0.25) is 11.8 Å². The Hall–Kier alpha value is -4.34. The third-order valence-electron chi connectivity index (χ3n) is 7.90. The topological polar surface area (TPSA) is 112 Å². The first-order chi connectivity index (χ1) is 22.2. The molecule has 2 aliphatic rings. The molecule has 4 aromatic rings. The number of furan rings is 1. The Balaban J connectivity index is 1.08. The molecule has 2 atom stereocenters. The van der Waals surface area contributed by atoms with E-state index < -0.39 is 12.5 Å². The Morgan fingerprint density at radius 3 is 2.80 bits per heavy atom. The van der Waals surface area contributed by atoms with E-state index in [-0.39, 0.29) is 29.4 Å². The van der Waals surface area contributed by atoms with E-state index in [0.29, 0.717) is 64.4 Å². The van der Waals surface area contributed by atoms with Gasteiger partial charge in [-0.1, -0.05) is 29.8 Å². The lowest BCUT2D eigenvalue weighted by molar-refractivity contribution is -0.117. The fraction of sp³-hybridized carbons (Fsp3) is 0.324. The van der Waals surface area contributed by atoms with Gasteiger partial charge in [-0.25, -0.2) is 9.78 Å². The van der Waals surface area contributed by atoms with Gasteiger partial charge >= 0.3 is 5.97 Å². The lowest BCUT2D eigenvalue weighted by Crippen LogP contribution is -2.33. The summed E-state index contributed by atoms with van der Waals surface area (Å²) in [6.45, 7) is -0.906. The first kappa shape index (κ1) is 27.2. The van der Waals surface area contributed by atoms with Gasteiger partial charge in [-0.2, -0.15) is 0 Å². The quantitative estimate of drug-likeness (QED) is 0.169. The Morgan fingerprint density at radius 1 is 1.14 bits per heavy atom. The van der Waals surface area contributed by atoms with Gasteiger partial charge in [-0.3, -0.25) is 4.79 Å². The van der Waals surface area contributed by atoms with Gasteiger partial charge in [-0.05, 0) is 73.6 Å². The third kappa shape index (κ3) is 6.90. The smallest absolute Gasteiger partial charge is 0.337 e. The highest BCUT2D eigenvalue weighted by atomic mass is 35.5. The maximum Gasteiger partial charge on any atom is 0.337 e. The van der Waals surface area contributed by atoms with E-state index >= 15 is 0 Å². The second kappa shape index (κ2) is 13.5. The van der Waals surface area contributed by atoms with Crippen molar-refractivity contribution in [1.82, 2.24) is 4.98 Å². The number of allylic oxidation sites excluding steroid dienone is 2. The van der Waals surface area contributed by atoms with E-state index in [2.05, 4.69) is 21.7 Å². The second-order valence-corrected chi connectivity index (χ2v) is 11.3. The number of ether oxygens (including phenoxy) is 3. The molecule has 1 aliphatic heterocycles. The third-order valence-corrected chi connectivity index (χ3v) is 8.23. The van der Waals surface area contributed by atoms with E-state index in [1.807, 2.05) is 6.07 Å². The number of hydrogen-bond acceptors (Lipinski definition) is 8. The number of nitrogens with zero attached hydrogens (tertiary/aromatic N) is 1. The van der Waals surface area contributed by atoms with E-state index in [1.54, 1.807) is 48.5 Å². The minimum Gasteiger partial charge on any atom is -0.473 e. The SMILES string of the molecule is [2H]C([2H])(Oc1cccc(C2=CCC(CC(=O)Nc3ccc(C(=O)OC)cc3NC[C@@H]3CCO3)CC2)n1)c1ccc(Cl)c2ccoc12. The Labute approximate surface area is 263 Å². The minimum absolute atomic E-state index is 0.105. The Kier molecular flexibility index (Phi) is 8.37. The molecule has 2 aromatic heterocycles. The summed E-state index contributed by atoms with van der Waals surface area (Å²) in [5.74, 6) is -0.273. The molecule has 9 nitrogen and oxygen atoms in total. The van der Waals surface area contributed by atoms with Gasteiger partial charge in [0.05, 0.1) is 49.9 Å². The molecule has 3 heterocycles. The van der Waals surface area contributed by atoms with Crippen molar-refractivity contribution in [2.75, 3.05) is 30.9 Å². The number of esters is 1. The molecular weight excluding hydrogens is 582 g/mol. The zero-order valence-corrected chi connectivity index (χ0v) is 25.0. The Bertz CT molecular complexity index is 1790. The molecule has 1 aliphatic carbocycles. The van der Waals surface area contributed by atoms with Gasteiger partial charge in [0.15, 0.2) is 0 Å². The van der Waals surface area contributed by atoms with Crippen LogP contribution in [0.4, 0.5) is 11.4 Å². The largest absolute Gasteiger partial charge is 0.473 e. The van der Waals surface area contributed by atoms with Crippen molar-refractivity contribution in [3.8, 4) is 5.88 Å². The molecule has 2 N–H and O–H groups in total. The van der Waals surface area contributed by atoms with Crippen LogP contribution in [-0.2, 0) is 20.8 Å². The van der Waals surface area contributed by atoms with Crippen LogP contribution in [0.2, 0.25) is 5.02 Å². The number of carbonyl (C=O) groups excluding carboxylic acids is 2. The predicted octanol–water partition coefficient (Wildman–Crippen LogP) is 7.26. The number of hydrogen-bond donors (Lipinski definition) is 2. The summed E-state index contributed by atoms with van der Waals surface area (Å²) in [4.78, 5) is 29.8. The first-order valence-corrected chi connectivity index (χ1v) is 15.0. The van der Waals surface area contributed by atoms with E-state index in [9.17, 15) is 9.59 Å². The first-order valence-electron chi connectivity index (χ1n) is 15.6. The maximum atomic E-state index is 13.1. The summed E-state index contributed by atoms with van der Waals surface area (Å²) >= 11 is 6.23. The van der Waals surface area contributed by atoms with Crippen LogP contribution >= 0.6 is 11.6 Å². The number of rotatable bonds is 11. The summed E-state index contributed by atoms with van der Waals surface area (Å²) in [6, 6.07) is 15.1. The number of methoxy groups -OCH3 is 1. The number of pyridine rings is 1. The summed E-state index contributed by atoms with van der Waals surface area (Å²) in [5.41, 5.74) is 3.89. The standard InChI is InChI=1S/C34H34ClN3O6/c1-41-34(40)23-10-12-29(30(18-23)36-19-25-13-15-42-25)37-31(39)17-21-5-7-22(8-6-21)28-3-2-4-32(38-28)44-20-24-9-11-27(35)26-14-16-43-33(24)26/h2-4,7,9-12,14,16,18,21,25,36H,5-6,8,13,15,17,19-20H2,1H3,(H,37,39)/t21?,25-/m0/s1/i20D2. The molecule has 10 heteroatoms. The average Bonchev–Trinajstić information content (AvgIpc) is 3.52. The molecule has 0 bridgehead atoms. The van der Waals surface area contributed by atoms with E-state index in [0.717, 1.165) is 25.0 Å². The van der Waals surface area contributed by atoms with Crippen LogP contribution in [0.1, 0.15) is 56.5 Å². The molecule has 1 unspecified atom stereocenters. The summed E-state index contributed by atoms with van der Waals surface area (Å²) in [5, 5.41) is 7.38. The average molecular weight is 618 g/mol. The number of benzene rings is 2. The van der Waals surface area contributed by atoms with Crippen LogP contribution in [0.15, 0.2) is 71.4 Å². The molecule has 2 aromatic carbocycles. The molecule has 1 fully saturated rings. The number of nitrogens with one attached hydrogen (secondary N) is 2. The zero-order valence-electron chi connectivity index (χ0n) is 26.2. The van der Waals surface area contributed by atoms with Crippen molar-refractivity contribution in [3.63, 3.8) is 0 Å². The molecular formula is C34H34ClN3O6. The maximum absolute atomic E-state index is 13.1. The van der Waals surface area contributed by atoms with Gasteiger partial charge in [-0.15, -0.1) is 0 Å². The van der Waals surface area contributed by atoms with Crippen LogP contribution in [0.5, 0.6) is 5.88 Å². The van der Waals surface area contributed by atoms with Crippen LogP contribution in [-0.4, -0.2) is 43.2 Å². The number of fused-ring (bicyclic) bond motifs is 1. The fourth-order valence-corrected chi connectivity index (χ4v) is 5.56. The number of anilines is 2. The molecule has 0 saturated carbocycles. The molecule has 228 valence electrons. The summed E-state index contributed by atoms with van der Waals surface area (Å²) in [7, 11) is 1.33. The number of carbonyl (C=O) groups is 2. The van der Waals surface area contributed by atoms with Gasteiger partial charge in [0, 0.05) is 36.6 Å². The molecule has 1 saturated heterocycles. The highest BCUT2D eigenvalue weighted by Gasteiger charge is 2.22. The van der Waals surface area contributed by atoms with Crippen LogP contribution in [0.25, 0.3) is 16.5 Å². The van der Waals surface area contributed by atoms with E-state index in [1.165, 1.54) is 13.4 Å². The van der Waals surface area contributed by atoms with Crippen LogP contribution in [0, 0.1) is 5.92 Å². The van der Waals surface area contributed by atoms with Gasteiger partial charge in [0.25, 0.3) is 0 Å². The summed E-state index contributed by atoms with van der Waals surface area (Å²) < 4.78 is 38.8. The normalized spacial score (nSPS) is 18.8. The second-order valence-electron chi connectivity index (χ2n) is 10.9. The monoisotopic (exact) mass is 617 g/mol. The fourth-order valence-electron chi connectivity index (χ4n) is 5.35. The minimum atomic E-state index is -2.22. The van der Waals surface area contributed by atoms with Gasteiger partial charge < -0.3 is 29.3 Å². The lowest BCUT2D eigenvalue weighted by Gasteiger charge is -2.27. The van der Waals surface area contributed by atoms with Crippen molar-refractivity contribution in [3.05, 3.63) is 88.8 Å². The molecule has 0 radical (unpaired) electrons. The highest BCUT2D eigenvalue weighted by Crippen LogP contribution is 2.33. The zero-order chi connectivity index (χ0) is 32.3. The van der Waals surface area contributed by atoms with Crippen molar-refractivity contribution < 1.29 is 31.0 Å². The number of halogens is 1. The van der Waals surface area contributed by atoms with Crippen molar-refractivity contribution in [2.24, 2.45) is 5.92 Å². The lowest BCUT2D eigenvalue weighted by atomic mass is 9.86. The van der Waals surface area contributed by atoms with E-state index in [4.69, 9.17) is 33.0 Å². The Morgan fingerprint density at radius 2 is 2.02 bits per heavy atom. The van der Waals surface area contributed by atoms with Crippen molar-refractivity contribution in [2.45, 2.75) is 44.8 Å². The molecule has 1 amide bonds. The number of aromatic nitrogens is 1. The predicted molar refractivity (Wildman–Crippen MR) is 169 cm³/mol. The molecule has 44 heavy (non-hydrogen) atoms. The highest BCUT2D eigenvalue weighted by molar-refractivity contribution is 6.35. The van der Waals surface area contributed by atoms with Crippen LogP contribution < -0.4 is 15.4 Å². The van der Waals surface area contributed by atoms with Crippen molar-refractivity contribution >= 4 is 51.4 Å².